The molecule has 0 radical (unpaired) electrons. The summed E-state index contributed by atoms with van der Waals surface area (Å²) in [4.78, 5) is 16.0. The third-order valence-corrected chi connectivity index (χ3v) is 3.51. The summed E-state index contributed by atoms with van der Waals surface area (Å²) in [7, 11) is 1.66. The van der Waals surface area contributed by atoms with Gasteiger partial charge in [-0.3, -0.25) is 4.79 Å². The lowest BCUT2D eigenvalue weighted by Gasteiger charge is -2.05. The van der Waals surface area contributed by atoms with Gasteiger partial charge < -0.3 is 4.74 Å². The van der Waals surface area contributed by atoms with Crippen molar-refractivity contribution in [2.75, 3.05) is 7.11 Å². The van der Waals surface area contributed by atoms with E-state index in [-0.39, 0.29) is 0 Å². The van der Waals surface area contributed by atoms with Crippen LogP contribution in [-0.4, -0.2) is 18.4 Å². The van der Waals surface area contributed by atoms with E-state index in [9.17, 15) is 4.79 Å². The number of methoxy groups -OCH3 is 1. The van der Waals surface area contributed by atoms with Crippen molar-refractivity contribution in [2.45, 2.75) is 13.3 Å². The van der Waals surface area contributed by atoms with Crippen molar-refractivity contribution in [3.8, 4) is 5.75 Å². The molecule has 0 aliphatic carbocycles. The Labute approximate surface area is 104 Å². The van der Waals surface area contributed by atoms with E-state index in [0.717, 1.165) is 27.5 Å². The summed E-state index contributed by atoms with van der Waals surface area (Å²) in [6, 6.07) is 7.85. The van der Waals surface area contributed by atoms with Crippen molar-refractivity contribution in [1.82, 2.24) is 4.98 Å². The van der Waals surface area contributed by atoms with Crippen molar-refractivity contribution in [2.24, 2.45) is 0 Å². The van der Waals surface area contributed by atoms with E-state index in [0.29, 0.717) is 12.1 Å². The number of benzene rings is 1. The van der Waals surface area contributed by atoms with Crippen LogP contribution in [0.4, 0.5) is 0 Å². The summed E-state index contributed by atoms with van der Waals surface area (Å²) < 4.78 is 5.29. The Morgan fingerprint density at radius 3 is 2.82 bits per heavy atom. The Hall–Kier alpha value is -1.68. The molecule has 1 heterocycles. The average molecular weight is 247 g/mol. The molecule has 0 aliphatic rings. The molecule has 0 spiro atoms. The highest BCUT2D eigenvalue weighted by Crippen LogP contribution is 2.24. The lowest BCUT2D eigenvalue weighted by molar-refractivity contribution is 0.111. The highest BCUT2D eigenvalue weighted by atomic mass is 32.1. The van der Waals surface area contributed by atoms with Crippen LogP contribution < -0.4 is 4.74 Å². The maximum absolute atomic E-state index is 10.7. The van der Waals surface area contributed by atoms with Crippen molar-refractivity contribution in [1.29, 1.82) is 0 Å². The smallest absolute Gasteiger partial charge is 0.169 e. The lowest BCUT2D eigenvalue weighted by atomic mass is 10.1. The molecule has 0 amide bonds. The van der Waals surface area contributed by atoms with Gasteiger partial charge in [-0.25, -0.2) is 4.98 Å². The Bertz CT molecular complexity index is 534. The molecule has 2 rings (SSSR count). The second-order valence-electron chi connectivity index (χ2n) is 3.66. The van der Waals surface area contributed by atoms with E-state index in [2.05, 4.69) is 4.98 Å². The second-order valence-corrected chi connectivity index (χ2v) is 4.94. The maximum Gasteiger partial charge on any atom is 0.169 e. The first kappa shape index (κ1) is 11.8. The van der Waals surface area contributed by atoms with E-state index in [1.807, 2.05) is 31.2 Å². The van der Waals surface area contributed by atoms with Gasteiger partial charge in [0.2, 0.25) is 0 Å². The molecule has 0 bridgehead atoms. The third-order valence-electron chi connectivity index (χ3n) is 2.52. The number of carbonyl (C=O) groups excluding carboxylic acids is 1. The minimum absolute atomic E-state index is 0.542. The Morgan fingerprint density at radius 2 is 2.18 bits per heavy atom. The number of para-hydroxylation sites is 1. The van der Waals surface area contributed by atoms with E-state index in [4.69, 9.17) is 4.74 Å². The fourth-order valence-electron chi connectivity index (χ4n) is 1.66. The number of hydrogen-bond donors (Lipinski definition) is 0. The van der Waals surface area contributed by atoms with Crippen LogP contribution in [0.3, 0.4) is 0 Å². The first-order valence-corrected chi connectivity index (χ1v) is 6.09. The van der Waals surface area contributed by atoms with Gasteiger partial charge in [-0.2, -0.15) is 0 Å². The first-order chi connectivity index (χ1) is 8.24. The topological polar surface area (TPSA) is 39.2 Å². The van der Waals surface area contributed by atoms with Gasteiger partial charge in [0.15, 0.2) is 6.29 Å². The normalized spacial score (nSPS) is 10.2. The number of carbonyl (C=O) groups is 1. The molecule has 4 heteroatoms. The highest BCUT2D eigenvalue weighted by Gasteiger charge is 2.09. The summed E-state index contributed by atoms with van der Waals surface area (Å²) in [6.45, 7) is 1.91. The predicted octanol–water partition coefficient (Wildman–Crippen LogP) is 2.86. The van der Waals surface area contributed by atoms with Gasteiger partial charge in [-0.05, 0) is 13.0 Å². The van der Waals surface area contributed by atoms with Gasteiger partial charge >= 0.3 is 0 Å². The van der Waals surface area contributed by atoms with Crippen LogP contribution in [0.5, 0.6) is 5.75 Å². The zero-order chi connectivity index (χ0) is 12.3. The number of ether oxygens (including phenoxy) is 1. The van der Waals surface area contributed by atoms with Crippen LogP contribution in [-0.2, 0) is 6.42 Å². The van der Waals surface area contributed by atoms with Crippen LogP contribution in [0.1, 0.15) is 25.9 Å². The SMILES string of the molecule is COc1ccccc1Cc1nc(C=O)c(C)s1. The van der Waals surface area contributed by atoms with E-state index in [1.54, 1.807) is 18.4 Å². The Balaban J connectivity index is 2.28. The molecular weight excluding hydrogens is 234 g/mol. The zero-order valence-corrected chi connectivity index (χ0v) is 10.6. The maximum atomic E-state index is 10.7. The number of hydrogen-bond acceptors (Lipinski definition) is 4. The van der Waals surface area contributed by atoms with Crippen LogP contribution in [0.2, 0.25) is 0 Å². The van der Waals surface area contributed by atoms with Gasteiger partial charge in [-0.1, -0.05) is 18.2 Å². The fraction of sp³-hybridized carbons (Fsp3) is 0.231. The number of nitrogens with zero attached hydrogens (tertiary/aromatic N) is 1. The molecule has 2 aromatic rings. The minimum Gasteiger partial charge on any atom is -0.496 e. The van der Waals surface area contributed by atoms with Crippen LogP contribution in [0, 0.1) is 6.92 Å². The van der Waals surface area contributed by atoms with Gasteiger partial charge in [0.05, 0.1) is 12.1 Å². The van der Waals surface area contributed by atoms with Crippen molar-refractivity contribution in [3.05, 3.63) is 45.4 Å². The summed E-state index contributed by atoms with van der Waals surface area (Å²) >= 11 is 1.56. The lowest BCUT2D eigenvalue weighted by Crippen LogP contribution is -1.93. The molecule has 88 valence electrons. The molecule has 0 atom stereocenters. The molecule has 3 nitrogen and oxygen atoms in total. The highest BCUT2D eigenvalue weighted by molar-refractivity contribution is 7.11. The molecule has 0 fully saturated rings. The van der Waals surface area contributed by atoms with Gasteiger partial charge in [-0.15, -0.1) is 11.3 Å². The number of aromatic nitrogens is 1. The Kier molecular flexibility index (Phi) is 3.54. The summed E-state index contributed by atoms with van der Waals surface area (Å²) in [6.07, 6.45) is 1.50. The molecule has 1 aromatic carbocycles. The third kappa shape index (κ3) is 2.53. The van der Waals surface area contributed by atoms with Crippen LogP contribution in [0.25, 0.3) is 0 Å². The summed E-state index contributed by atoms with van der Waals surface area (Å²) in [5, 5.41) is 0.939. The molecule has 0 saturated carbocycles. The predicted molar refractivity (Wildman–Crippen MR) is 68.0 cm³/mol. The van der Waals surface area contributed by atoms with Crippen molar-refractivity contribution < 1.29 is 9.53 Å². The zero-order valence-electron chi connectivity index (χ0n) is 9.77. The Morgan fingerprint density at radius 1 is 1.41 bits per heavy atom. The molecule has 17 heavy (non-hydrogen) atoms. The standard InChI is InChI=1S/C13H13NO2S/c1-9-11(8-15)14-13(17-9)7-10-5-3-4-6-12(10)16-2/h3-6,8H,7H2,1-2H3. The van der Waals surface area contributed by atoms with Crippen molar-refractivity contribution >= 4 is 17.6 Å². The van der Waals surface area contributed by atoms with E-state index >= 15 is 0 Å². The first-order valence-electron chi connectivity index (χ1n) is 5.28. The number of aldehydes is 1. The van der Waals surface area contributed by atoms with E-state index < -0.39 is 0 Å². The quantitative estimate of drug-likeness (QED) is 0.780. The molecule has 0 N–H and O–H groups in total. The number of rotatable bonds is 4. The second kappa shape index (κ2) is 5.10. The molecule has 0 aliphatic heterocycles. The van der Waals surface area contributed by atoms with Crippen molar-refractivity contribution in [3.63, 3.8) is 0 Å². The summed E-state index contributed by atoms with van der Waals surface area (Å²) in [5.74, 6) is 0.855. The molecule has 1 aromatic heterocycles. The van der Waals surface area contributed by atoms with Gasteiger partial charge in [0.25, 0.3) is 0 Å². The largest absolute Gasteiger partial charge is 0.496 e. The van der Waals surface area contributed by atoms with E-state index in [1.165, 1.54) is 0 Å². The van der Waals surface area contributed by atoms with Gasteiger partial charge in [0, 0.05) is 16.9 Å². The fourth-order valence-corrected chi connectivity index (χ4v) is 2.59. The average Bonchev–Trinajstić information content (AvgIpc) is 2.70. The molecule has 0 unspecified atom stereocenters. The number of aryl methyl sites for hydroxylation is 1. The minimum atomic E-state index is 0.542. The van der Waals surface area contributed by atoms with Crippen LogP contribution in [0.15, 0.2) is 24.3 Å². The molecular formula is C13H13NO2S. The van der Waals surface area contributed by atoms with Gasteiger partial charge in [0.1, 0.15) is 11.4 Å². The summed E-state index contributed by atoms with van der Waals surface area (Å²) in [5.41, 5.74) is 1.63. The van der Waals surface area contributed by atoms with Crippen LogP contribution >= 0.6 is 11.3 Å². The number of thiazole rings is 1. The monoisotopic (exact) mass is 247 g/mol. The molecule has 0 saturated heterocycles.